The number of hydrogen-bond acceptors (Lipinski definition) is 2. The van der Waals surface area contributed by atoms with Gasteiger partial charge in [0, 0.05) is 19.1 Å². The second-order valence-corrected chi connectivity index (χ2v) is 3.78. The zero-order chi connectivity index (χ0) is 10.6. The van der Waals surface area contributed by atoms with Gasteiger partial charge in [0.25, 0.3) is 0 Å². The average Bonchev–Trinajstić information content (AvgIpc) is 2.44. The first-order valence-electron chi connectivity index (χ1n) is 4.91. The third-order valence-corrected chi connectivity index (χ3v) is 2.38. The van der Waals surface area contributed by atoms with Gasteiger partial charge in [0.2, 0.25) is 0 Å². The second-order valence-electron chi connectivity index (χ2n) is 3.78. The van der Waals surface area contributed by atoms with Gasteiger partial charge in [-0.15, -0.1) is 0 Å². The molecule has 0 aromatic heterocycles. The SMILES string of the molecule is NC1CCC(OCCCC(F)(F)F)C1. The summed E-state index contributed by atoms with van der Waals surface area (Å²) in [5.41, 5.74) is 5.64. The third-order valence-electron chi connectivity index (χ3n) is 2.38. The van der Waals surface area contributed by atoms with Crippen LogP contribution in [-0.2, 0) is 4.74 Å². The van der Waals surface area contributed by atoms with Gasteiger partial charge < -0.3 is 10.5 Å². The Balaban J connectivity index is 1.99. The minimum Gasteiger partial charge on any atom is -0.378 e. The van der Waals surface area contributed by atoms with Crippen LogP contribution >= 0.6 is 0 Å². The average molecular weight is 211 g/mol. The monoisotopic (exact) mass is 211 g/mol. The largest absolute Gasteiger partial charge is 0.389 e. The first kappa shape index (κ1) is 11.8. The highest BCUT2D eigenvalue weighted by Crippen LogP contribution is 2.23. The number of alkyl halides is 3. The van der Waals surface area contributed by atoms with Crippen LogP contribution in [0.1, 0.15) is 32.1 Å². The Kier molecular flexibility index (Phi) is 4.19. The summed E-state index contributed by atoms with van der Waals surface area (Å²) in [5.74, 6) is 0. The van der Waals surface area contributed by atoms with Gasteiger partial charge in [-0.1, -0.05) is 0 Å². The number of nitrogens with two attached hydrogens (primary N) is 1. The number of ether oxygens (including phenoxy) is 1. The minimum atomic E-state index is -4.06. The normalized spacial score (nSPS) is 28.3. The highest BCUT2D eigenvalue weighted by atomic mass is 19.4. The lowest BCUT2D eigenvalue weighted by Crippen LogP contribution is -2.18. The summed E-state index contributed by atoms with van der Waals surface area (Å²) in [7, 11) is 0. The first-order chi connectivity index (χ1) is 6.47. The molecule has 1 saturated carbocycles. The fourth-order valence-electron chi connectivity index (χ4n) is 1.65. The van der Waals surface area contributed by atoms with E-state index in [-0.39, 0.29) is 25.2 Å². The maximum Gasteiger partial charge on any atom is 0.389 e. The minimum absolute atomic E-state index is 0.0508. The van der Waals surface area contributed by atoms with Crippen LogP contribution in [0, 0.1) is 0 Å². The maximum atomic E-state index is 11.7. The first-order valence-corrected chi connectivity index (χ1v) is 4.91. The van der Waals surface area contributed by atoms with E-state index >= 15 is 0 Å². The van der Waals surface area contributed by atoms with Crippen molar-refractivity contribution in [3.05, 3.63) is 0 Å². The van der Waals surface area contributed by atoms with Crippen LogP contribution < -0.4 is 5.73 Å². The molecule has 0 heterocycles. The summed E-state index contributed by atoms with van der Waals surface area (Å²) in [5, 5.41) is 0. The molecule has 0 aliphatic heterocycles. The van der Waals surface area contributed by atoms with Crippen molar-refractivity contribution >= 4 is 0 Å². The lowest BCUT2D eigenvalue weighted by molar-refractivity contribution is -0.138. The summed E-state index contributed by atoms with van der Waals surface area (Å²) in [4.78, 5) is 0. The van der Waals surface area contributed by atoms with Crippen LogP contribution in [0.25, 0.3) is 0 Å². The molecule has 1 aliphatic carbocycles. The molecule has 1 fully saturated rings. The van der Waals surface area contributed by atoms with Crippen molar-refractivity contribution in [2.24, 2.45) is 5.73 Å². The fourth-order valence-corrected chi connectivity index (χ4v) is 1.65. The van der Waals surface area contributed by atoms with Crippen LogP contribution in [0.4, 0.5) is 13.2 Å². The molecular formula is C9H16F3NO. The third kappa shape index (κ3) is 4.81. The van der Waals surface area contributed by atoms with E-state index in [1.54, 1.807) is 0 Å². The fraction of sp³-hybridized carbons (Fsp3) is 1.00. The van der Waals surface area contributed by atoms with E-state index in [1.165, 1.54) is 0 Å². The summed E-state index contributed by atoms with van der Waals surface area (Å²) in [6.45, 7) is 0.191. The van der Waals surface area contributed by atoms with Gasteiger partial charge in [-0.2, -0.15) is 13.2 Å². The Labute approximate surface area is 81.6 Å². The highest BCUT2D eigenvalue weighted by Gasteiger charge is 2.27. The number of hydrogen-bond donors (Lipinski definition) is 1. The molecule has 5 heteroatoms. The molecular weight excluding hydrogens is 195 g/mol. The van der Waals surface area contributed by atoms with E-state index in [1.807, 2.05) is 0 Å². The van der Waals surface area contributed by atoms with Gasteiger partial charge >= 0.3 is 6.18 Å². The molecule has 0 bridgehead atoms. The lowest BCUT2D eigenvalue weighted by Gasteiger charge is -2.12. The van der Waals surface area contributed by atoms with E-state index < -0.39 is 12.6 Å². The van der Waals surface area contributed by atoms with Crippen molar-refractivity contribution in [2.45, 2.75) is 50.4 Å². The number of rotatable bonds is 4. The predicted molar refractivity (Wildman–Crippen MR) is 46.9 cm³/mol. The van der Waals surface area contributed by atoms with Gasteiger partial charge in [-0.3, -0.25) is 0 Å². The van der Waals surface area contributed by atoms with Gasteiger partial charge in [0.15, 0.2) is 0 Å². The van der Waals surface area contributed by atoms with E-state index in [2.05, 4.69) is 0 Å². The van der Waals surface area contributed by atoms with Crippen molar-refractivity contribution in [2.75, 3.05) is 6.61 Å². The Hall–Kier alpha value is -0.290. The zero-order valence-electron chi connectivity index (χ0n) is 8.02. The molecule has 14 heavy (non-hydrogen) atoms. The molecule has 2 atom stereocenters. The van der Waals surface area contributed by atoms with Crippen LogP contribution in [-0.4, -0.2) is 24.9 Å². The summed E-state index contributed by atoms with van der Waals surface area (Å²) >= 11 is 0. The summed E-state index contributed by atoms with van der Waals surface area (Å²) in [6, 6.07) is 0.169. The molecule has 0 radical (unpaired) electrons. The Morgan fingerprint density at radius 1 is 1.29 bits per heavy atom. The molecule has 1 rings (SSSR count). The molecule has 84 valence electrons. The van der Waals surface area contributed by atoms with E-state index in [9.17, 15) is 13.2 Å². The Bertz CT molecular complexity index is 172. The van der Waals surface area contributed by atoms with Gasteiger partial charge in [0.1, 0.15) is 0 Å². The zero-order valence-corrected chi connectivity index (χ0v) is 8.02. The van der Waals surface area contributed by atoms with Crippen LogP contribution in [0.15, 0.2) is 0 Å². The van der Waals surface area contributed by atoms with E-state index in [0.717, 1.165) is 19.3 Å². The quantitative estimate of drug-likeness (QED) is 0.724. The maximum absolute atomic E-state index is 11.7. The van der Waals surface area contributed by atoms with Crippen LogP contribution in [0.5, 0.6) is 0 Å². The standard InChI is InChI=1S/C9H16F3NO/c10-9(11,12)4-1-5-14-8-3-2-7(13)6-8/h7-8H,1-6,13H2. The molecule has 1 aliphatic rings. The summed E-state index contributed by atoms with van der Waals surface area (Å²) in [6.07, 6.45) is -2.10. The molecule has 2 nitrogen and oxygen atoms in total. The van der Waals surface area contributed by atoms with Crippen molar-refractivity contribution in [3.8, 4) is 0 Å². The molecule has 0 saturated heterocycles. The van der Waals surface area contributed by atoms with Crippen LogP contribution in [0.3, 0.4) is 0 Å². The van der Waals surface area contributed by atoms with Crippen molar-refractivity contribution in [1.29, 1.82) is 0 Å². The molecule has 0 spiro atoms. The van der Waals surface area contributed by atoms with Gasteiger partial charge in [0.05, 0.1) is 6.10 Å². The summed E-state index contributed by atoms with van der Waals surface area (Å²) < 4.78 is 40.5. The van der Waals surface area contributed by atoms with Crippen molar-refractivity contribution in [3.63, 3.8) is 0 Å². The second kappa shape index (κ2) is 4.98. The van der Waals surface area contributed by atoms with Crippen molar-refractivity contribution < 1.29 is 17.9 Å². The molecule has 0 amide bonds. The molecule has 2 unspecified atom stereocenters. The molecule has 0 aromatic carbocycles. The Morgan fingerprint density at radius 3 is 2.50 bits per heavy atom. The molecule has 0 aromatic rings. The Morgan fingerprint density at radius 2 is 2.00 bits per heavy atom. The highest BCUT2D eigenvalue weighted by molar-refractivity contribution is 4.78. The van der Waals surface area contributed by atoms with E-state index in [0.29, 0.717) is 0 Å². The van der Waals surface area contributed by atoms with Crippen molar-refractivity contribution in [1.82, 2.24) is 0 Å². The van der Waals surface area contributed by atoms with Crippen LogP contribution in [0.2, 0.25) is 0 Å². The van der Waals surface area contributed by atoms with E-state index in [4.69, 9.17) is 10.5 Å². The topological polar surface area (TPSA) is 35.2 Å². The number of halogens is 3. The predicted octanol–water partition coefficient (Wildman–Crippen LogP) is 2.23. The van der Waals surface area contributed by atoms with Gasteiger partial charge in [-0.25, -0.2) is 0 Å². The van der Waals surface area contributed by atoms with Gasteiger partial charge in [-0.05, 0) is 25.7 Å². The smallest absolute Gasteiger partial charge is 0.378 e. The molecule has 2 N–H and O–H groups in total. The lowest BCUT2D eigenvalue weighted by atomic mass is 10.3.